The summed E-state index contributed by atoms with van der Waals surface area (Å²) in [7, 11) is 0. The van der Waals surface area contributed by atoms with E-state index in [1.807, 2.05) is 30.0 Å². The second-order valence-electron chi connectivity index (χ2n) is 5.20. The maximum absolute atomic E-state index is 13.2. The van der Waals surface area contributed by atoms with Gasteiger partial charge in [-0.25, -0.2) is 4.39 Å². The third-order valence-corrected chi connectivity index (χ3v) is 5.08. The molecule has 3 rings (SSSR count). The number of hydrogen-bond donors (Lipinski definition) is 0. The number of hydrogen-bond acceptors (Lipinski definition) is 2. The van der Waals surface area contributed by atoms with E-state index in [1.54, 1.807) is 12.1 Å². The van der Waals surface area contributed by atoms with Gasteiger partial charge in [0, 0.05) is 17.1 Å². The van der Waals surface area contributed by atoms with Crippen LogP contribution >= 0.6 is 23.4 Å². The molecule has 0 saturated carbocycles. The Balaban J connectivity index is 1.74. The van der Waals surface area contributed by atoms with Crippen molar-refractivity contribution in [1.29, 1.82) is 0 Å². The molecule has 1 amide bonds. The number of anilines is 1. The first-order valence-corrected chi connectivity index (χ1v) is 8.33. The van der Waals surface area contributed by atoms with E-state index in [0.29, 0.717) is 6.54 Å². The van der Waals surface area contributed by atoms with E-state index in [9.17, 15) is 9.18 Å². The van der Waals surface area contributed by atoms with Crippen LogP contribution in [0.5, 0.6) is 0 Å². The molecule has 0 radical (unpaired) electrons. The molecule has 1 aliphatic rings. The quantitative estimate of drug-likeness (QED) is 0.767. The van der Waals surface area contributed by atoms with Gasteiger partial charge in [-0.15, -0.1) is 11.8 Å². The minimum Gasteiger partial charge on any atom is -0.311 e. The zero-order chi connectivity index (χ0) is 15.7. The van der Waals surface area contributed by atoms with Gasteiger partial charge in [0.1, 0.15) is 5.82 Å². The number of thioether (sulfide) groups is 1. The Kier molecular flexibility index (Phi) is 4.41. The number of carbonyl (C=O) groups excluding carboxylic acids is 1. The van der Waals surface area contributed by atoms with Gasteiger partial charge in [-0.1, -0.05) is 29.8 Å². The summed E-state index contributed by atoms with van der Waals surface area (Å²) in [6.07, 6.45) is 0.891. The molecular formula is C17H15ClFNOS. The van der Waals surface area contributed by atoms with E-state index in [0.717, 1.165) is 17.0 Å². The second kappa shape index (κ2) is 6.31. The van der Waals surface area contributed by atoms with Crippen molar-refractivity contribution in [2.75, 3.05) is 11.4 Å². The summed E-state index contributed by atoms with van der Waals surface area (Å²) in [5.74, 6) is -0.381. The van der Waals surface area contributed by atoms with Crippen LogP contribution in [0.3, 0.4) is 0 Å². The van der Waals surface area contributed by atoms with E-state index in [4.69, 9.17) is 11.6 Å². The molecule has 1 heterocycles. The van der Waals surface area contributed by atoms with E-state index in [2.05, 4.69) is 6.07 Å². The second-order valence-corrected chi connectivity index (χ2v) is 7.03. The molecule has 0 aliphatic carbocycles. The number of para-hydroxylation sites is 1. The highest BCUT2D eigenvalue weighted by molar-refractivity contribution is 8.00. The zero-order valence-electron chi connectivity index (χ0n) is 12.1. The van der Waals surface area contributed by atoms with Gasteiger partial charge in [-0.3, -0.25) is 4.79 Å². The van der Waals surface area contributed by atoms with Gasteiger partial charge in [0.2, 0.25) is 5.91 Å². The lowest BCUT2D eigenvalue weighted by Gasteiger charge is -2.21. The van der Waals surface area contributed by atoms with Crippen LogP contribution in [0.15, 0.2) is 47.4 Å². The molecule has 2 nitrogen and oxygen atoms in total. The number of carbonyl (C=O) groups is 1. The van der Waals surface area contributed by atoms with Crippen molar-refractivity contribution >= 4 is 35.0 Å². The monoisotopic (exact) mass is 335 g/mol. The van der Waals surface area contributed by atoms with Crippen LogP contribution in [0, 0.1) is 5.82 Å². The van der Waals surface area contributed by atoms with Crippen molar-refractivity contribution in [3.63, 3.8) is 0 Å². The molecular weight excluding hydrogens is 321 g/mol. The van der Waals surface area contributed by atoms with Crippen LogP contribution in [-0.4, -0.2) is 17.7 Å². The van der Waals surface area contributed by atoms with Gasteiger partial charge in [-0.2, -0.15) is 0 Å². The number of benzene rings is 2. The molecule has 2 aromatic rings. The Morgan fingerprint density at radius 2 is 2.09 bits per heavy atom. The summed E-state index contributed by atoms with van der Waals surface area (Å²) in [5, 5.41) is -0.177. The molecule has 0 saturated heterocycles. The fourth-order valence-electron chi connectivity index (χ4n) is 2.59. The molecule has 1 aliphatic heterocycles. The van der Waals surface area contributed by atoms with Gasteiger partial charge >= 0.3 is 0 Å². The zero-order valence-corrected chi connectivity index (χ0v) is 13.6. The van der Waals surface area contributed by atoms with Gasteiger partial charge < -0.3 is 4.90 Å². The Labute approximate surface area is 138 Å². The van der Waals surface area contributed by atoms with Gasteiger partial charge in [0.25, 0.3) is 0 Å². The maximum atomic E-state index is 13.2. The van der Waals surface area contributed by atoms with Crippen LogP contribution in [0.4, 0.5) is 10.1 Å². The fourth-order valence-corrected chi connectivity index (χ4v) is 3.81. The van der Waals surface area contributed by atoms with Gasteiger partial charge in [0.05, 0.1) is 10.3 Å². The van der Waals surface area contributed by atoms with E-state index < -0.39 is 5.82 Å². The molecule has 2 aromatic carbocycles. The maximum Gasteiger partial charge on any atom is 0.240 e. The standard InChI is InChI=1S/C17H15ClFNOS/c1-11(22-13-6-7-15(19)14(18)10-13)17(21)20-9-8-12-4-2-3-5-16(12)20/h2-7,10-11H,8-9H2,1H3. The molecule has 0 N–H and O–H groups in total. The predicted octanol–water partition coefficient (Wildman–Crippen LogP) is 4.55. The first kappa shape index (κ1) is 15.4. The fraction of sp³-hybridized carbons (Fsp3) is 0.235. The lowest BCUT2D eigenvalue weighted by molar-refractivity contribution is -0.117. The Bertz CT molecular complexity index is 722. The van der Waals surface area contributed by atoms with Crippen LogP contribution in [0.25, 0.3) is 0 Å². The molecule has 5 heteroatoms. The van der Waals surface area contributed by atoms with Gasteiger partial charge in [-0.05, 0) is 43.2 Å². The van der Waals surface area contributed by atoms with E-state index in [-0.39, 0.29) is 16.2 Å². The van der Waals surface area contributed by atoms with E-state index in [1.165, 1.54) is 23.4 Å². The van der Waals surface area contributed by atoms with Crippen molar-refractivity contribution < 1.29 is 9.18 Å². The molecule has 0 aromatic heterocycles. The number of rotatable bonds is 3. The predicted molar refractivity (Wildman–Crippen MR) is 89.2 cm³/mol. The number of fused-ring (bicyclic) bond motifs is 1. The summed E-state index contributed by atoms with van der Waals surface area (Å²) in [6.45, 7) is 2.58. The lowest BCUT2D eigenvalue weighted by atomic mass is 10.2. The third kappa shape index (κ3) is 2.99. The number of nitrogens with zero attached hydrogens (tertiary/aromatic N) is 1. The van der Waals surface area contributed by atoms with E-state index >= 15 is 0 Å². The Hall–Kier alpha value is -1.52. The molecule has 0 fully saturated rings. The molecule has 114 valence electrons. The average molecular weight is 336 g/mol. The number of amides is 1. The Morgan fingerprint density at radius 1 is 1.32 bits per heavy atom. The van der Waals surface area contributed by atoms with Gasteiger partial charge in [0.15, 0.2) is 0 Å². The molecule has 1 atom stereocenters. The summed E-state index contributed by atoms with van der Waals surface area (Å²) >= 11 is 7.18. The largest absolute Gasteiger partial charge is 0.311 e. The van der Waals surface area contributed by atoms with Crippen LogP contribution in [0.1, 0.15) is 12.5 Å². The minimum atomic E-state index is -0.446. The summed E-state index contributed by atoms with van der Waals surface area (Å²) < 4.78 is 13.2. The summed E-state index contributed by atoms with van der Waals surface area (Å²) in [5.41, 5.74) is 2.20. The third-order valence-electron chi connectivity index (χ3n) is 3.70. The van der Waals surface area contributed by atoms with Crippen molar-refractivity contribution in [1.82, 2.24) is 0 Å². The first-order chi connectivity index (χ1) is 10.6. The highest BCUT2D eigenvalue weighted by Gasteiger charge is 2.28. The van der Waals surface area contributed by atoms with Crippen molar-refractivity contribution in [3.05, 3.63) is 58.9 Å². The van der Waals surface area contributed by atoms with Crippen molar-refractivity contribution in [2.45, 2.75) is 23.5 Å². The summed E-state index contributed by atoms with van der Waals surface area (Å²) in [6, 6.07) is 12.5. The minimum absolute atomic E-state index is 0.0652. The highest BCUT2D eigenvalue weighted by atomic mass is 35.5. The van der Waals surface area contributed by atoms with Crippen LogP contribution < -0.4 is 4.90 Å². The SMILES string of the molecule is CC(Sc1ccc(F)c(Cl)c1)C(=O)N1CCc2ccccc21. The number of halogens is 2. The topological polar surface area (TPSA) is 20.3 Å². The van der Waals surface area contributed by atoms with Crippen LogP contribution in [0.2, 0.25) is 5.02 Å². The highest BCUT2D eigenvalue weighted by Crippen LogP contribution is 2.32. The lowest BCUT2D eigenvalue weighted by Crippen LogP contribution is -2.35. The van der Waals surface area contributed by atoms with Crippen LogP contribution in [-0.2, 0) is 11.2 Å². The molecule has 0 bridgehead atoms. The molecule has 1 unspecified atom stereocenters. The molecule has 22 heavy (non-hydrogen) atoms. The molecule has 0 spiro atoms. The summed E-state index contributed by atoms with van der Waals surface area (Å²) in [4.78, 5) is 15.3. The Morgan fingerprint density at radius 3 is 2.86 bits per heavy atom. The smallest absolute Gasteiger partial charge is 0.240 e. The average Bonchev–Trinajstić information content (AvgIpc) is 2.94. The van der Waals surface area contributed by atoms with Crippen molar-refractivity contribution in [3.8, 4) is 0 Å². The normalized spacial score (nSPS) is 14.8. The first-order valence-electron chi connectivity index (χ1n) is 7.07. The van der Waals surface area contributed by atoms with Crippen molar-refractivity contribution in [2.24, 2.45) is 0 Å².